The van der Waals surface area contributed by atoms with Gasteiger partial charge in [0.1, 0.15) is 0 Å². The molecule has 1 saturated heterocycles. The number of nitrogens with one attached hydrogen (secondary N) is 3. The molecule has 108 valence electrons. The van der Waals surface area contributed by atoms with E-state index in [-0.39, 0.29) is 17.4 Å². The first-order valence-corrected chi connectivity index (χ1v) is 7.59. The summed E-state index contributed by atoms with van der Waals surface area (Å²) < 4.78 is 1.98. The van der Waals surface area contributed by atoms with Crippen LogP contribution < -0.4 is 16.0 Å². The number of carbonyl (C=O) groups is 1. The molecule has 0 radical (unpaired) electrons. The fourth-order valence-corrected chi connectivity index (χ4v) is 3.86. The molecule has 20 heavy (non-hydrogen) atoms. The molecule has 0 bridgehead atoms. The summed E-state index contributed by atoms with van der Waals surface area (Å²) in [5, 5.41) is 14.1. The van der Waals surface area contributed by atoms with Gasteiger partial charge in [-0.25, -0.2) is 0 Å². The van der Waals surface area contributed by atoms with Crippen LogP contribution in [0.25, 0.3) is 0 Å². The standard InChI is InChI=1S/C14H21N5O/c20-13(12-14(9-16-12)3-1-2-4-14)17-11-7-10-8-15-5-6-19(10)18-11/h7,12,15-16H,1-6,8-9H2,(H,17,18,20). The highest BCUT2D eigenvalue weighted by Gasteiger charge is 2.51. The summed E-state index contributed by atoms with van der Waals surface area (Å²) in [5.41, 5.74) is 1.37. The first kappa shape index (κ1) is 12.3. The smallest absolute Gasteiger partial charge is 0.243 e. The van der Waals surface area contributed by atoms with Crippen molar-refractivity contribution >= 4 is 11.7 Å². The minimum atomic E-state index is -0.0261. The molecular formula is C14H21N5O. The number of amides is 1. The lowest BCUT2D eigenvalue weighted by molar-refractivity contribution is -0.125. The van der Waals surface area contributed by atoms with Crippen LogP contribution in [-0.4, -0.2) is 34.8 Å². The lowest BCUT2D eigenvalue weighted by Gasteiger charge is -2.47. The topological polar surface area (TPSA) is 71.0 Å². The maximum absolute atomic E-state index is 12.4. The molecule has 3 aliphatic rings. The van der Waals surface area contributed by atoms with E-state index in [2.05, 4.69) is 21.0 Å². The fourth-order valence-electron chi connectivity index (χ4n) is 3.86. The molecule has 1 aromatic heterocycles. The predicted octanol–water partition coefficient (Wildman–Crippen LogP) is 0.457. The van der Waals surface area contributed by atoms with E-state index in [4.69, 9.17) is 0 Å². The fraction of sp³-hybridized carbons (Fsp3) is 0.714. The number of hydrogen-bond donors (Lipinski definition) is 3. The summed E-state index contributed by atoms with van der Waals surface area (Å²) in [6.45, 7) is 3.63. The van der Waals surface area contributed by atoms with Crippen molar-refractivity contribution in [2.75, 3.05) is 18.4 Å². The lowest BCUT2D eigenvalue weighted by atomic mass is 9.71. The van der Waals surface area contributed by atoms with E-state index in [0.29, 0.717) is 5.82 Å². The third-order valence-electron chi connectivity index (χ3n) is 5.05. The Morgan fingerprint density at radius 3 is 3.00 bits per heavy atom. The highest BCUT2D eigenvalue weighted by Crippen LogP contribution is 2.45. The van der Waals surface area contributed by atoms with Crippen molar-refractivity contribution in [2.45, 2.75) is 44.8 Å². The van der Waals surface area contributed by atoms with E-state index in [1.165, 1.54) is 25.7 Å². The number of anilines is 1. The average molecular weight is 275 g/mol. The van der Waals surface area contributed by atoms with Crippen molar-refractivity contribution in [3.8, 4) is 0 Å². The van der Waals surface area contributed by atoms with Crippen LogP contribution in [-0.2, 0) is 17.9 Å². The molecule has 6 heteroatoms. The molecule has 1 amide bonds. The number of nitrogens with zero attached hydrogens (tertiary/aromatic N) is 2. The molecule has 3 N–H and O–H groups in total. The number of carbonyl (C=O) groups excluding carboxylic acids is 1. The number of fused-ring (bicyclic) bond motifs is 1. The Labute approximate surface area is 118 Å². The Morgan fingerprint density at radius 2 is 2.30 bits per heavy atom. The first-order valence-electron chi connectivity index (χ1n) is 7.59. The molecule has 1 spiro atoms. The molecule has 4 rings (SSSR count). The SMILES string of the molecule is O=C(Nc1cc2n(n1)CCNC2)C1NCC12CCCC2. The van der Waals surface area contributed by atoms with E-state index < -0.39 is 0 Å². The van der Waals surface area contributed by atoms with Crippen LogP contribution in [0.4, 0.5) is 5.82 Å². The second-order valence-electron chi connectivity index (χ2n) is 6.29. The van der Waals surface area contributed by atoms with Gasteiger partial charge in [-0.05, 0) is 12.8 Å². The van der Waals surface area contributed by atoms with Crippen LogP contribution in [0.2, 0.25) is 0 Å². The van der Waals surface area contributed by atoms with Gasteiger partial charge in [0.2, 0.25) is 5.91 Å². The highest BCUT2D eigenvalue weighted by atomic mass is 16.2. The maximum atomic E-state index is 12.4. The quantitative estimate of drug-likeness (QED) is 0.733. The summed E-state index contributed by atoms with van der Waals surface area (Å²) >= 11 is 0. The molecule has 1 aromatic rings. The molecule has 1 unspecified atom stereocenters. The van der Waals surface area contributed by atoms with Crippen LogP contribution in [0, 0.1) is 5.41 Å². The molecule has 1 saturated carbocycles. The lowest BCUT2D eigenvalue weighted by Crippen LogP contribution is -2.66. The van der Waals surface area contributed by atoms with Crippen molar-refractivity contribution in [3.05, 3.63) is 11.8 Å². The molecule has 1 atom stereocenters. The van der Waals surface area contributed by atoms with E-state index in [9.17, 15) is 4.79 Å². The average Bonchev–Trinajstić information content (AvgIpc) is 3.04. The minimum Gasteiger partial charge on any atom is -0.309 e. The van der Waals surface area contributed by atoms with Gasteiger partial charge < -0.3 is 16.0 Å². The van der Waals surface area contributed by atoms with Crippen LogP contribution in [0.5, 0.6) is 0 Å². The highest BCUT2D eigenvalue weighted by molar-refractivity contribution is 5.95. The summed E-state index contributed by atoms with van der Waals surface area (Å²) in [6.07, 6.45) is 4.88. The van der Waals surface area contributed by atoms with E-state index in [1.807, 2.05) is 10.7 Å². The Kier molecular flexibility index (Phi) is 2.82. The Bertz CT molecular complexity index is 508. The van der Waals surface area contributed by atoms with Gasteiger partial charge in [0.15, 0.2) is 5.82 Å². The van der Waals surface area contributed by atoms with Gasteiger partial charge in [0.05, 0.1) is 18.3 Å². The van der Waals surface area contributed by atoms with E-state index in [0.717, 1.165) is 31.9 Å². The molecule has 3 heterocycles. The normalized spacial score (nSPS) is 27.1. The molecular weight excluding hydrogens is 254 g/mol. The largest absolute Gasteiger partial charge is 0.309 e. The predicted molar refractivity (Wildman–Crippen MR) is 75.3 cm³/mol. The van der Waals surface area contributed by atoms with Gasteiger partial charge in [-0.1, -0.05) is 12.8 Å². The van der Waals surface area contributed by atoms with Gasteiger partial charge >= 0.3 is 0 Å². The number of rotatable bonds is 2. The summed E-state index contributed by atoms with van der Waals surface area (Å²) in [6, 6.07) is 1.95. The second kappa shape index (κ2) is 4.56. The second-order valence-corrected chi connectivity index (χ2v) is 6.29. The Hall–Kier alpha value is -1.40. The molecule has 2 aliphatic heterocycles. The van der Waals surface area contributed by atoms with Crippen molar-refractivity contribution in [2.24, 2.45) is 5.41 Å². The zero-order chi connectivity index (χ0) is 13.6. The zero-order valence-electron chi connectivity index (χ0n) is 11.6. The van der Waals surface area contributed by atoms with Gasteiger partial charge in [-0.15, -0.1) is 0 Å². The van der Waals surface area contributed by atoms with Gasteiger partial charge in [-0.2, -0.15) is 5.10 Å². The minimum absolute atomic E-state index is 0.0261. The zero-order valence-corrected chi connectivity index (χ0v) is 11.6. The van der Waals surface area contributed by atoms with Crippen molar-refractivity contribution < 1.29 is 4.79 Å². The van der Waals surface area contributed by atoms with Gasteiger partial charge in [-0.3, -0.25) is 9.48 Å². The summed E-state index contributed by atoms with van der Waals surface area (Å²) in [5.74, 6) is 0.775. The number of aromatic nitrogens is 2. The van der Waals surface area contributed by atoms with Gasteiger partial charge in [0.25, 0.3) is 0 Å². The third-order valence-corrected chi connectivity index (χ3v) is 5.05. The van der Waals surface area contributed by atoms with Crippen LogP contribution in [0.3, 0.4) is 0 Å². The molecule has 0 aromatic carbocycles. The maximum Gasteiger partial charge on any atom is 0.243 e. The van der Waals surface area contributed by atoms with E-state index in [1.54, 1.807) is 0 Å². The van der Waals surface area contributed by atoms with Crippen molar-refractivity contribution in [1.29, 1.82) is 0 Å². The summed E-state index contributed by atoms with van der Waals surface area (Å²) in [4.78, 5) is 12.4. The molecule has 2 fully saturated rings. The van der Waals surface area contributed by atoms with Gasteiger partial charge in [0, 0.05) is 31.1 Å². The summed E-state index contributed by atoms with van der Waals surface area (Å²) in [7, 11) is 0. The molecule has 1 aliphatic carbocycles. The Morgan fingerprint density at radius 1 is 1.45 bits per heavy atom. The first-order chi connectivity index (χ1) is 9.77. The van der Waals surface area contributed by atoms with Crippen LogP contribution >= 0.6 is 0 Å². The van der Waals surface area contributed by atoms with Crippen LogP contribution in [0.1, 0.15) is 31.4 Å². The Balaban J connectivity index is 1.46. The molecule has 6 nitrogen and oxygen atoms in total. The monoisotopic (exact) mass is 275 g/mol. The third kappa shape index (κ3) is 1.86. The van der Waals surface area contributed by atoms with Crippen molar-refractivity contribution in [3.63, 3.8) is 0 Å². The van der Waals surface area contributed by atoms with Crippen LogP contribution in [0.15, 0.2) is 6.07 Å². The van der Waals surface area contributed by atoms with Crippen molar-refractivity contribution in [1.82, 2.24) is 20.4 Å². The van der Waals surface area contributed by atoms with E-state index >= 15 is 0 Å². The number of hydrogen-bond acceptors (Lipinski definition) is 4.